The third-order valence-corrected chi connectivity index (χ3v) is 0.994. The normalized spacial score (nSPS) is 9.55. The van der Waals surface area contributed by atoms with Gasteiger partial charge in [0.05, 0.1) is 12.7 Å². The first-order valence-electron chi connectivity index (χ1n) is 3.07. The number of rotatable bonds is 3. The van der Waals surface area contributed by atoms with E-state index >= 15 is 0 Å². The fraction of sp³-hybridized carbons (Fsp3) is 0.333. The molecule has 0 atom stereocenters. The monoisotopic (exact) mass is 157 g/mol. The van der Waals surface area contributed by atoms with Gasteiger partial charge in [-0.05, 0) is 6.92 Å². The van der Waals surface area contributed by atoms with E-state index in [2.05, 4.69) is 9.68 Å². The maximum atomic E-state index is 10.2. The standard InChI is InChI=1S/C6H7NO4/c1-2-10-5-3-4(6(8)9)7-11-5/h3H,2H2,1H3,(H,8,9). The summed E-state index contributed by atoms with van der Waals surface area (Å²) < 4.78 is 9.36. The number of ether oxygens (including phenoxy) is 1. The molecule has 0 aliphatic carbocycles. The van der Waals surface area contributed by atoms with Crippen LogP contribution in [0.15, 0.2) is 10.6 Å². The van der Waals surface area contributed by atoms with E-state index in [9.17, 15) is 4.79 Å². The maximum absolute atomic E-state index is 10.2. The molecular formula is C6H7NO4. The largest absolute Gasteiger partial charge is 0.476 e. The number of aromatic nitrogens is 1. The molecule has 0 radical (unpaired) electrons. The molecular weight excluding hydrogens is 150 g/mol. The van der Waals surface area contributed by atoms with Crippen molar-refractivity contribution in [3.05, 3.63) is 11.8 Å². The Morgan fingerprint density at radius 2 is 2.64 bits per heavy atom. The Morgan fingerprint density at radius 1 is 1.91 bits per heavy atom. The molecule has 5 heteroatoms. The van der Waals surface area contributed by atoms with Gasteiger partial charge < -0.3 is 14.4 Å². The summed E-state index contributed by atoms with van der Waals surface area (Å²) in [6, 6.07) is 1.23. The number of carboxylic acids is 1. The number of carbonyl (C=O) groups is 1. The molecule has 0 fully saturated rings. The molecule has 0 spiro atoms. The van der Waals surface area contributed by atoms with Crippen LogP contribution in [0.4, 0.5) is 0 Å². The summed E-state index contributed by atoms with van der Waals surface area (Å²) in [6.07, 6.45) is 0. The molecule has 0 aliphatic rings. The van der Waals surface area contributed by atoms with Crippen molar-refractivity contribution in [3.63, 3.8) is 0 Å². The summed E-state index contributed by atoms with van der Waals surface area (Å²) >= 11 is 0. The lowest BCUT2D eigenvalue weighted by Crippen LogP contribution is -1.94. The van der Waals surface area contributed by atoms with Crippen molar-refractivity contribution >= 4 is 5.97 Å². The van der Waals surface area contributed by atoms with Crippen molar-refractivity contribution in [2.45, 2.75) is 6.92 Å². The first-order chi connectivity index (χ1) is 5.24. The molecule has 60 valence electrons. The van der Waals surface area contributed by atoms with Crippen molar-refractivity contribution in [1.29, 1.82) is 0 Å². The first kappa shape index (κ1) is 7.59. The minimum absolute atomic E-state index is 0.130. The van der Waals surface area contributed by atoms with Crippen LogP contribution < -0.4 is 4.74 Å². The van der Waals surface area contributed by atoms with Gasteiger partial charge >= 0.3 is 11.9 Å². The van der Waals surface area contributed by atoms with Crippen molar-refractivity contribution in [2.75, 3.05) is 6.61 Å². The summed E-state index contributed by atoms with van der Waals surface area (Å²) in [6.45, 7) is 2.19. The Balaban J connectivity index is 2.73. The van der Waals surface area contributed by atoms with Gasteiger partial charge in [-0.15, -0.1) is 0 Å². The molecule has 1 N–H and O–H groups in total. The molecule has 0 aromatic carbocycles. The lowest BCUT2D eigenvalue weighted by atomic mass is 10.4. The van der Waals surface area contributed by atoms with E-state index in [1.165, 1.54) is 6.07 Å². The van der Waals surface area contributed by atoms with Crippen molar-refractivity contribution in [1.82, 2.24) is 5.16 Å². The second-order valence-corrected chi connectivity index (χ2v) is 1.77. The zero-order chi connectivity index (χ0) is 8.27. The minimum atomic E-state index is -1.13. The third-order valence-electron chi connectivity index (χ3n) is 0.994. The van der Waals surface area contributed by atoms with Crippen LogP contribution in [-0.2, 0) is 0 Å². The Bertz CT molecular complexity index is 255. The van der Waals surface area contributed by atoms with E-state index in [0.717, 1.165) is 0 Å². The van der Waals surface area contributed by atoms with Gasteiger partial charge in [0.25, 0.3) is 0 Å². The maximum Gasteiger partial charge on any atom is 0.358 e. The summed E-state index contributed by atoms with van der Waals surface area (Å²) in [5, 5.41) is 11.6. The average molecular weight is 157 g/mol. The van der Waals surface area contributed by atoms with Gasteiger partial charge in [0.2, 0.25) is 0 Å². The fourth-order valence-corrected chi connectivity index (χ4v) is 0.570. The van der Waals surface area contributed by atoms with Crippen molar-refractivity contribution in [2.24, 2.45) is 0 Å². The van der Waals surface area contributed by atoms with Crippen molar-refractivity contribution in [3.8, 4) is 5.95 Å². The van der Waals surface area contributed by atoms with Crippen LogP contribution in [0, 0.1) is 0 Å². The topological polar surface area (TPSA) is 72.6 Å². The lowest BCUT2D eigenvalue weighted by Gasteiger charge is -1.91. The Labute approximate surface area is 62.6 Å². The first-order valence-corrected chi connectivity index (χ1v) is 3.07. The molecule has 0 saturated carbocycles. The van der Waals surface area contributed by atoms with Crippen LogP contribution >= 0.6 is 0 Å². The molecule has 1 heterocycles. The molecule has 0 aliphatic heterocycles. The third kappa shape index (κ3) is 1.70. The molecule has 5 nitrogen and oxygen atoms in total. The second kappa shape index (κ2) is 3.05. The zero-order valence-corrected chi connectivity index (χ0v) is 5.90. The van der Waals surface area contributed by atoms with Crippen LogP contribution in [0.25, 0.3) is 0 Å². The van der Waals surface area contributed by atoms with E-state index in [1.54, 1.807) is 6.92 Å². The van der Waals surface area contributed by atoms with Crippen LogP contribution in [0.5, 0.6) is 5.95 Å². The smallest absolute Gasteiger partial charge is 0.358 e. The van der Waals surface area contributed by atoms with Crippen LogP contribution in [0.1, 0.15) is 17.4 Å². The summed E-state index contributed by atoms with van der Waals surface area (Å²) in [5.41, 5.74) is -0.145. The van der Waals surface area contributed by atoms with Gasteiger partial charge in [-0.1, -0.05) is 5.16 Å². The Morgan fingerprint density at radius 3 is 3.09 bits per heavy atom. The lowest BCUT2D eigenvalue weighted by molar-refractivity contribution is 0.0685. The molecule has 1 rings (SSSR count). The van der Waals surface area contributed by atoms with E-state index in [1.807, 2.05) is 0 Å². The fourth-order valence-electron chi connectivity index (χ4n) is 0.570. The summed E-state index contributed by atoms with van der Waals surface area (Å²) in [5.74, 6) is -0.996. The van der Waals surface area contributed by atoms with Gasteiger partial charge in [-0.3, -0.25) is 0 Å². The molecule has 1 aromatic rings. The van der Waals surface area contributed by atoms with Crippen LogP contribution in [-0.4, -0.2) is 22.8 Å². The number of hydrogen-bond donors (Lipinski definition) is 1. The summed E-state index contributed by atoms with van der Waals surface area (Å²) in [4.78, 5) is 10.2. The second-order valence-electron chi connectivity index (χ2n) is 1.77. The minimum Gasteiger partial charge on any atom is -0.476 e. The predicted molar refractivity (Wildman–Crippen MR) is 34.6 cm³/mol. The van der Waals surface area contributed by atoms with Crippen molar-refractivity contribution < 1.29 is 19.2 Å². The van der Waals surface area contributed by atoms with E-state index in [0.29, 0.717) is 6.61 Å². The molecule has 0 unspecified atom stereocenters. The highest BCUT2D eigenvalue weighted by molar-refractivity contribution is 5.85. The average Bonchev–Trinajstić information content (AvgIpc) is 2.37. The predicted octanol–water partition coefficient (Wildman–Crippen LogP) is 0.771. The quantitative estimate of drug-likeness (QED) is 0.701. The van der Waals surface area contributed by atoms with Crippen LogP contribution in [0.3, 0.4) is 0 Å². The van der Waals surface area contributed by atoms with Gasteiger partial charge in [0, 0.05) is 0 Å². The highest BCUT2D eigenvalue weighted by Crippen LogP contribution is 2.11. The Kier molecular flexibility index (Phi) is 2.10. The number of carboxylic acid groups (broad SMARTS) is 1. The van der Waals surface area contributed by atoms with Gasteiger partial charge in [0.1, 0.15) is 0 Å². The number of nitrogens with zero attached hydrogens (tertiary/aromatic N) is 1. The molecule has 0 bridgehead atoms. The highest BCUT2D eigenvalue weighted by atomic mass is 16.6. The SMILES string of the molecule is CCOc1cc(C(=O)O)no1. The van der Waals surface area contributed by atoms with Gasteiger partial charge in [-0.2, -0.15) is 0 Å². The number of aromatic carboxylic acids is 1. The van der Waals surface area contributed by atoms with Gasteiger partial charge in [0.15, 0.2) is 5.69 Å². The molecule has 11 heavy (non-hydrogen) atoms. The molecule has 0 amide bonds. The zero-order valence-electron chi connectivity index (χ0n) is 5.90. The van der Waals surface area contributed by atoms with Gasteiger partial charge in [-0.25, -0.2) is 4.79 Å². The van der Waals surface area contributed by atoms with E-state index in [-0.39, 0.29) is 11.6 Å². The summed E-state index contributed by atoms with van der Waals surface area (Å²) in [7, 11) is 0. The molecule has 0 saturated heterocycles. The van der Waals surface area contributed by atoms with E-state index in [4.69, 9.17) is 9.84 Å². The molecule has 1 aromatic heterocycles. The highest BCUT2D eigenvalue weighted by Gasteiger charge is 2.10. The van der Waals surface area contributed by atoms with Crippen LogP contribution in [0.2, 0.25) is 0 Å². The Hall–Kier alpha value is -1.52. The van der Waals surface area contributed by atoms with E-state index < -0.39 is 5.97 Å². The number of hydrogen-bond acceptors (Lipinski definition) is 4.